The molecular weight excluding hydrogens is 208 g/mol. The molecule has 0 aliphatic heterocycles. The minimum Gasteiger partial charge on any atom is -0.399 e. The van der Waals surface area contributed by atoms with Gasteiger partial charge >= 0.3 is 0 Å². The average molecular weight is 229 g/mol. The Morgan fingerprint density at radius 2 is 1.12 bits per heavy atom. The third-order valence-corrected chi connectivity index (χ3v) is 2.37. The van der Waals surface area contributed by atoms with Crippen molar-refractivity contribution in [1.82, 2.24) is 0 Å². The second-order valence-corrected chi connectivity index (χ2v) is 3.66. The lowest BCUT2D eigenvalue weighted by Crippen LogP contribution is -1.90. The van der Waals surface area contributed by atoms with Gasteiger partial charge in [-0.05, 0) is 41.8 Å². The fourth-order valence-corrected chi connectivity index (χ4v) is 1.51. The predicted molar refractivity (Wildman–Crippen MR) is 75.9 cm³/mol. The Kier molecular flexibility index (Phi) is 4.46. The zero-order valence-electron chi connectivity index (χ0n) is 11.2. The molecule has 0 aromatic heterocycles. The van der Waals surface area contributed by atoms with Crippen LogP contribution >= 0.6 is 0 Å². The Morgan fingerprint density at radius 1 is 0.824 bits per heavy atom. The highest BCUT2D eigenvalue weighted by atomic mass is 14.5. The van der Waals surface area contributed by atoms with E-state index >= 15 is 0 Å². The molecule has 17 heavy (non-hydrogen) atoms. The molecule has 2 aromatic rings. The van der Waals surface area contributed by atoms with Crippen LogP contribution in [0, 0.1) is 0 Å². The maximum absolute atomic E-state index is 6.21. The first-order chi connectivity index (χ1) is 8.65. The molecule has 0 heterocycles. The van der Waals surface area contributed by atoms with Crippen LogP contribution in [-0.2, 0) is 6.42 Å². The van der Waals surface area contributed by atoms with Crippen molar-refractivity contribution in [3.63, 3.8) is 0 Å². The number of nitrogen functional groups attached to an aromatic ring is 2. The summed E-state index contributed by atoms with van der Waals surface area (Å²) in [6.07, 6.45) is 0.917. The van der Waals surface area contributed by atoms with Gasteiger partial charge in [-0.3, -0.25) is 0 Å². The minimum atomic E-state index is 0.500. The van der Waals surface area contributed by atoms with E-state index in [1.165, 1.54) is 11.1 Å². The normalized spacial score (nSPS) is 10.1. The van der Waals surface area contributed by atoms with Crippen molar-refractivity contribution in [2.45, 2.75) is 20.2 Å². The Morgan fingerprint density at radius 3 is 1.41 bits per heavy atom. The fraction of sp³-hybridized carbons (Fsp3) is 0.200. The first-order valence-corrected chi connectivity index (χ1v) is 5.63. The van der Waals surface area contributed by atoms with Crippen LogP contribution in [0.3, 0.4) is 0 Å². The molecule has 2 nitrogen and oxygen atoms in total. The van der Waals surface area contributed by atoms with Crippen molar-refractivity contribution < 1.29 is 1.37 Å². The van der Waals surface area contributed by atoms with E-state index in [0.717, 1.165) is 17.8 Å². The second kappa shape index (κ2) is 6.59. The zero-order valence-corrected chi connectivity index (χ0v) is 10.2. The van der Waals surface area contributed by atoms with Crippen molar-refractivity contribution in [2.24, 2.45) is 0 Å². The van der Waals surface area contributed by atoms with Gasteiger partial charge in [-0.15, -0.1) is 0 Å². The Bertz CT molecular complexity index is 405. The van der Waals surface area contributed by atoms with Gasteiger partial charge in [0.25, 0.3) is 0 Å². The van der Waals surface area contributed by atoms with Crippen LogP contribution in [0.5, 0.6) is 0 Å². The van der Waals surface area contributed by atoms with Crippen molar-refractivity contribution in [3.05, 3.63) is 59.7 Å². The quantitative estimate of drug-likeness (QED) is 0.775. The SMILES string of the molecule is Nc1ccc(Cc2ccc(N)cc2)cc1.[2H]CC. The van der Waals surface area contributed by atoms with Crippen LogP contribution in [0.1, 0.15) is 26.3 Å². The molecule has 0 fully saturated rings. The van der Waals surface area contributed by atoms with Crippen LogP contribution in [0.2, 0.25) is 0 Å². The van der Waals surface area contributed by atoms with Crippen molar-refractivity contribution in [2.75, 3.05) is 11.5 Å². The largest absolute Gasteiger partial charge is 0.399 e. The number of anilines is 2. The molecule has 0 aliphatic carbocycles. The molecule has 0 bridgehead atoms. The van der Waals surface area contributed by atoms with E-state index in [4.69, 9.17) is 12.8 Å². The summed E-state index contributed by atoms with van der Waals surface area (Å²) >= 11 is 0. The molecule has 0 saturated heterocycles. The molecule has 2 heteroatoms. The summed E-state index contributed by atoms with van der Waals surface area (Å²) in [6.45, 7) is 2.29. The zero-order chi connectivity index (χ0) is 13.4. The van der Waals surface area contributed by atoms with Crippen LogP contribution in [0.4, 0.5) is 11.4 Å². The third kappa shape index (κ3) is 4.19. The predicted octanol–water partition coefficient (Wildman–Crippen LogP) is 3.47. The highest BCUT2D eigenvalue weighted by Crippen LogP contribution is 2.13. The molecule has 4 N–H and O–H groups in total. The number of hydrogen-bond donors (Lipinski definition) is 2. The summed E-state index contributed by atoms with van der Waals surface area (Å²) in [4.78, 5) is 0. The Labute approximate surface area is 105 Å². The van der Waals surface area contributed by atoms with Gasteiger partial charge in [0, 0.05) is 12.7 Å². The number of rotatable bonds is 2. The highest BCUT2D eigenvalue weighted by molar-refractivity contribution is 5.43. The van der Waals surface area contributed by atoms with Gasteiger partial charge in [0.1, 0.15) is 0 Å². The van der Waals surface area contributed by atoms with Crippen LogP contribution in [0.25, 0.3) is 0 Å². The number of nitrogens with two attached hydrogens (primary N) is 2. The van der Waals surface area contributed by atoms with Gasteiger partial charge < -0.3 is 11.5 Å². The van der Waals surface area contributed by atoms with E-state index < -0.39 is 0 Å². The van der Waals surface area contributed by atoms with Gasteiger partial charge in [-0.1, -0.05) is 38.1 Å². The molecule has 2 rings (SSSR count). The van der Waals surface area contributed by atoms with E-state index in [1.807, 2.05) is 48.5 Å². The summed E-state index contributed by atoms with van der Waals surface area (Å²) < 4.78 is 6.21. The van der Waals surface area contributed by atoms with Crippen LogP contribution < -0.4 is 11.5 Å². The van der Waals surface area contributed by atoms with Gasteiger partial charge in [0.05, 0.1) is 0 Å². The average Bonchev–Trinajstić information content (AvgIpc) is 2.36. The Balaban J connectivity index is 0.000000492. The smallest absolute Gasteiger partial charge is 0.0314 e. The van der Waals surface area contributed by atoms with Crippen molar-refractivity contribution in [3.8, 4) is 0 Å². The lowest BCUT2D eigenvalue weighted by atomic mass is 10.0. The summed E-state index contributed by atoms with van der Waals surface area (Å²) in [5.74, 6) is 0. The maximum Gasteiger partial charge on any atom is 0.0314 e. The molecule has 0 aliphatic rings. The lowest BCUT2D eigenvalue weighted by Gasteiger charge is -2.02. The van der Waals surface area contributed by atoms with Gasteiger partial charge in [0.2, 0.25) is 0 Å². The molecule has 0 unspecified atom stereocenters. The first kappa shape index (κ1) is 11.5. The summed E-state index contributed by atoms with van der Waals surface area (Å²) in [7, 11) is 0. The van der Waals surface area contributed by atoms with Crippen molar-refractivity contribution in [1.29, 1.82) is 0 Å². The summed E-state index contributed by atoms with van der Waals surface area (Å²) in [5, 5.41) is 0. The molecule has 0 radical (unpaired) electrons. The molecule has 0 atom stereocenters. The van der Waals surface area contributed by atoms with Crippen molar-refractivity contribution >= 4 is 11.4 Å². The molecule has 0 amide bonds. The minimum absolute atomic E-state index is 0.500. The van der Waals surface area contributed by atoms with E-state index in [0.29, 0.717) is 6.90 Å². The monoisotopic (exact) mass is 229 g/mol. The lowest BCUT2D eigenvalue weighted by molar-refractivity contribution is 1.19. The van der Waals surface area contributed by atoms with E-state index in [-0.39, 0.29) is 0 Å². The molecule has 90 valence electrons. The number of benzene rings is 2. The summed E-state index contributed by atoms with van der Waals surface area (Å²) in [6, 6.07) is 15.9. The fourth-order valence-electron chi connectivity index (χ4n) is 1.51. The standard InChI is InChI=1S/C13H14N2.C2H6/c14-12-5-1-10(2-6-12)9-11-3-7-13(15)8-4-11;1-2/h1-8H,9,14-15H2;1-2H3/i;1D. The highest BCUT2D eigenvalue weighted by Gasteiger charge is 1.95. The number of hydrogen-bond acceptors (Lipinski definition) is 2. The molecular formula is C15H20N2. The molecule has 0 saturated carbocycles. The third-order valence-electron chi connectivity index (χ3n) is 2.37. The van der Waals surface area contributed by atoms with Gasteiger partial charge in [-0.25, -0.2) is 0 Å². The van der Waals surface area contributed by atoms with E-state index in [9.17, 15) is 0 Å². The maximum atomic E-state index is 6.21. The van der Waals surface area contributed by atoms with Crippen LogP contribution in [0.15, 0.2) is 48.5 Å². The first-order valence-electron chi connectivity index (χ1n) is 6.34. The van der Waals surface area contributed by atoms with E-state index in [1.54, 1.807) is 6.92 Å². The van der Waals surface area contributed by atoms with Crippen LogP contribution in [-0.4, -0.2) is 0 Å². The van der Waals surface area contributed by atoms with Gasteiger partial charge in [0.15, 0.2) is 0 Å². The molecule has 2 aromatic carbocycles. The summed E-state index contributed by atoms with van der Waals surface area (Å²) in [5.41, 5.74) is 15.4. The van der Waals surface area contributed by atoms with E-state index in [2.05, 4.69) is 0 Å². The van der Waals surface area contributed by atoms with Gasteiger partial charge in [-0.2, -0.15) is 0 Å². The Hall–Kier alpha value is -1.96. The topological polar surface area (TPSA) is 52.0 Å². The molecule has 0 spiro atoms. The second-order valence-electron chi connectivity index (χ2n) is 3.66.